The first kappa shape index (κ1) is 23.3. The molecule has 8 heteroatoms. The fraction of sp³-hybridized carbons (Fsp3) is 0.500. The third kappa shape index (κ3) is 8.98. The lowest BCUT2D eigenvalue weighted by Crippen LogP contribution is -2.38. The van der Waals surface area contributed by atoms with Crippen molar-refractivity contribution in [2.45, 2.75) is 46.1 Å². The summed E-state index contributed by atoms with van der Waals surface area (Å²) in [5.41, 5.74) is 1.72. The Morgan fingerprint density at radius 1 is 1.13 bits per heavy atom. The molecule has 1 heterocycles. The highest BCUT2D eigenvalue weighted by Gasteiger charge is 2.15. The van der Waals surface area contributed by atoms with Gasteiger partial charge in [-0.2, -0.15) is 5.10 Å². The van der Waals surface area contributed by atoms with Crippen molar-refractivity contribution in [2.24, 2.45) is 4.99 Å². The number of ether oxygens (including phenoxy) is 1. The third-order valence-electron chi connectivity index (χ3n) is 3.98. The average molecular weight is 415 g/mol. The van der Waals surface area contributed by atoms with Gasteiger partial charge in [-0.15, -0.1) is 0 Å². The van der Waals surface area contributed by atoms with Crippen LogP contribution in [0.2, 0.25) is 0 Å². The van der Waals surface area contributed by atoms with Crippen LogP contribution in [0.4, 0.5) is 4.79 Å². The van der Waals surface area contributed by atoms with Gasteiger partial charge in [0, 0.05) is 32.4 Å². The van der Waals surface area contributed by atoms with Crippen molar-refractivity contribution in [2.75, 3.05) is 26.2 Å². The number of hydrogen-bond acceptors (Lipinski definition) is 4. The van der Waals surface area contributed by atoms with Crippen LogP contribution in [0, 0.1) is 0 Å². The van der Waals surface area contributed by atoms with Gasteiger partial charge in [0.15, 0.2) is 5.96 Å². The Morgan fingerprint density at radius 2 is 1.90 bits per heavy atom. The molecule has 1 amide bonds. The minimum atomic E-state index is -0.484. The first-order chi connectivity index (χ1) is 14.4. The van der Waals surface area contributed by atoms with Crippen LogP contribution in [-0.2, 0) is 11.2 Å². The number of carbonyl (C=O) groups is 1. The standard InChI is InChI=1S/C22H34N6O2/c1-5-23-20(24-13-9-14-26-21(29)30-22(2,3)4)25-15-12-18-16-27-28(17-18)19-10-7-6-8-11-19/h6-8,10-11,16-17H,5,9,12-15H2,1-4H3,(H,26,29)(H2,23,24,25). The first-order valence-corrected chi connectivity index (χ1v) is 10.5. The van der Waals surface area contributed by atoms with Gasteiger partial charge >= 0.3 is 6.09 Å². The molecular formula is C22H34N6O2. The smallest absolute Gasteiger partial charge is 0.407 e. The van der Waals surface area contributed by atoms with Gasteiger partial charge in [-0.05, 0) is 58.2 Å². The van der Waals surface area contributed by atoms with E-state index in [-0.39, 0.29) is 0 Å². The van der Waals surface area contributed by atoms with Crippen molar-refractivity contribution in [1.29, 1.82) is 0 Å². The van der Waals surface area contributed by atoms with Crippen molar-refractivity contribution in [1.82, 2.24) is 25.7 Å². The number of para-hydroxylation sites is 1. The Kier molecular flexibility index (Phi) is 9.18. The van der Waals surface area contributed by atoms with E-state index in [0.717, 1.165) is 43.1 Å². The van der Waals surface area contributed by atoms with Crippen LogP contribution in [0.25, 0.3) is 5.69 Å². The van der Waals surface area contributed by atoms with Gasteiger partial charge in [0.1, 0.15) is 5.60 Å². The van der Waals surface area contributed by atoms with Crippen LogP contribution in [0.15, 0.2) is 47.7 Å². The number of aliphatic imine (C=N–C) groups is 1. The molecule has 0 aliphatic rings. The van der Waals surface area contributed by atoms with Gasteiger partial charge in [0.25, 0.3) is 0 Å². The predicted octanol–water partition coefficient (Wildman–Crippen LogP) is 2.88. The van der Waals surface area contributed by atoms with Crippen molar-refractivity contribution < 1.29 is 9.53 Å². The topological polar surface area (TPSA) is 92.6 Å². The molecule has 0 saturated heterocycles. The Morgan fingerprint density at radius 3 is 2.60 bits per heavy atom. The lowest BCUT2D eigenvalue weighted by Gasteiger charge is -2.19. The second-order valence-corrected chi connectivity index (χ2v) is 7.85. The lowest BCUT2D eigenvalue weighted by molar-refractivity contribution is 0.0527. The molecule has 1 aromatic heterocycles. The molecule has 2 aromatic rings. The maximum absolute atomic E-state index is 11.6. The van der Waals surface area contributed by atoms with Crippen LogP contribution in [-0.4, -0.2) is 53.6 Å². The van der Waals surface area contributed by atoms with Crippen LogP contribution >= 0.6 is 0 Å². The highest BCUT2D eigenvalue weighted by Crippen LogP contribution is 2.08. The molecule has 1 aromatic carbocycles. The zero-order valence-corrected chi connectivity index (χ0v) is 18.4. The molecule has 0 radical (unpaired) electrons. The van der Waals surface area contributed by atoms with Crippen molar-refractivity contribution in [3.05, 3.63) is 48.3 Å². The van der Waals surface area contributed by atoms with Crippen LogP contribution in [0.3, 0.4) is 0 Å². The van der Waals surface area contributed by atoms with E-state index < -0.39 is 11.7 Å². The summed E-state index contributed by atoms with van der Waals surface area (Å²) in [6.45, 7) is 10.2. The molecule has 0 aliphatic carbocycles. The monoisotopic (exact) mass is 414 g/mol. The molecule has 0 saturated carbocycles. The molecule has 0 unspecified atom stereocenters. The van der Waals surface area contributed by atoms with E-state index in [1.165, 1.54) is 0 Å². The lowest BCUT2D eigenvalue weighted by atomic mass is 10.2. The molecule has 8 nitrogen and oxygen atoms in total. The van der Waals surface area contributed by atoms with E-state index in [2.05, 4.69) is 26.0 Å². The highest BCUT2D eigenvalue weighted by atomic mass is 16.6. The van der Waals surface area contributed by atoms with E-state index in [4.69, 9.17) is 4.74 Å². The average Bonchev–Trinajstić information content (AvgIpc) is 3.16. The van der Waals surface area contributed by atoms with E-state index in [9.17, 15) is 4.79 Å². The van der Waals surface area contributed by atoms with Crippen molar-refractivity contribution >= 4 is 12.1 Å². The number of carbonyl (C=O) groups excluding carboxylic acids is 1. The van der Waals surface area contributed by atoms with Crippen LogP contribution < -0.4 is 16.0 Å². The molecule has 30 heavy (non-hydrogen) atoms. The van der Waals surface area contributed by atoms with Gasteiger partial charge < -0.3 is 20.7 Å². The zero-order valence-electron chi connectivity index (χ0n) is 18.4. The number of amides is 1. The Hall–Kier alpha value is -3.03. The summed E-state index contributed by atoms with van der Waals surface area (Å²) in [5, 5.41) is 13.7. The minimum absolute atomic E-state index is 0.396. The maximum atomic E-state index is 11.6. The molecule has 0 bridgehead atoms. The van der Waals surface area contributed by atoms with Gasteiger partial charge in [-0.1, -0.05) is 18.2 Å². The van der Waals surface area contributed by atoms with E-state index in [1.54, 1.807) is 0 Å². The molecule has 0 fully saturated rings. The summed E-state index contributed by atoms with van der Waals surface area (Å²) >= 11 is 0. The molecule has 3 N–H and O–H groups in total. The maximum Gasteiger partial charge on any atom is 0.407 e. The second kappa shape index (κ2) is 11.8. The number of guanidine groups is 1. The summed E-state index contributed by atoms with van der Waals surface area (Å²) in [6.07, 6.45) is 5.12. The van der Waals surface area contributed by atoms with Gasteiger partial charge in [0.05, 0.1) is 11.9 Å². The Labute approximate surface area is 179 Å². The van der Waals surface area contributed by atoms with E-state index in [1.807, 2.05) is 75.1 Å². The fourth-order valence-electron chi connectivity index (χ4n) is 2.65. The van der Waals surface area contributed by atoms with Gasteiger partial charge in [-0.25, -0.2) is 9.48 Å². The molecule has 164 valence electrons. The fourth-order valence-corrected chi connectivity index (χ4v) is 2.65. The number of alkyl carbamates (subject to hydrolysis) is 1. The number of benzene rings is 1. The second-order valence-electron chi connectivity index (χ2n) is 7.85. The molecule has 2 rings (SSSR count). The quantitative estimate of drug-likeness (QED) is 0.333. The summed E-state index contributed by atoms with van der Waals surface area (Å²) in [7, 11) is 0. The molecular weight excluding hydrogens is 380 g/mol. The van der Waals surface area contributed by atoms with E-state index in [0.29, 0.717) is 13.1 Å². The molecule has 0 spiro atoms. The summed E-state index contributed by atoms with van der Waals surface area (Å²) < 4.78 is 7.09. The number of nitrogens with one attached hydrogen (secondary N) is 3. The number of rotatable bonds is 9. The summed E-state index contributed by atoms with van der Waals surface area (Å²) in [5.74, 6) is 0.769. The van der Waals surface area contributed by atoms with Crippen LogP contribution in [0.5, 0.6) is 0 Å². The molecule has 0 atom stereocenters. The Balaban J connectivity index is 1.71. The third-order valence-corrected chi connectivity index (χ3v) is 3.98. The summed E-state index contributed by atoms with van der Waals surface area (Å²) in [4.78, 5) is 16.2. The van der Waals surface area contributed by atoms with Crippen molar-refractivity contribution in [3.8, 4) is 5.69 Å². The molecule has 0 aliphatic heterocycles. The van der Waals surface area contributed by atoms with Gasteiger partial charge in [-0.3, -0.25) is 4.99 Å². The predicted molar refractivity (Wildman–Crippen MR) is 120 cm³/mol. The normalized spacial score (nSPS) is 11.8. The zero-order chi connectivity index (χ0) is 21.8. The largest absolute Gasteiger partial charge is 0.444 e. The minimum Gasteiger partial charge on any atom is -0.444 e. The first-order valence-electron chi connectivity index (χ1n) is 10.5. The van der Waals surface area contributed by atoms with Gasteiger partial charge in [0.2, 0.25) is 0 Å². The number of hydrogen-bond donors (Lipinski definition) is 3. The Bertz CT molecular complexity index is 795. The van der Waals surface area contributed by atoms with E-state index >= 15 is 0 Å². The number of aromatic nitrogens is 2. The highest BCUT2D eigenvalue weighted by molar-refractivity contribution is 5.79. The van der Waals surface area contributed by atoms with Crippen molar-refractivity contribution in [3.63, 3.8) is 0 Å². The SMILES string of the molecule is CCNC(=NCCCNC(=O)OC(C)(C)C)NCCc1cnn(-c2ccccc2)c1. The van der Waals surface area contributed by atoms with Crippen LogP contribution in [0.1, 0.15) is 39.7 Å². The summed E-state index contributed by atoms with van der Waals surface area (Å²) in [6, 6.07) is 10.1. The number of nitrogens with zero attached hydrogens (tertiary/aromatic N) is 3.